The number of alkyl carbamates (subject to hydrolysis) is 1. The number of aliphatic carboxylic acids is 1. The Labute approximate surface area is 204 Å². The quantitative estimate of drug-likeness (QED) is 0.679. The van der Waals surface area contributed by atoms with E-state index < -0.39 is 18.0 Å². The molecule has 7 nitrogen and oxygen atoms in total. The second-order valence-corrected chi connectivity index (χ2v) is 10.3. The van der Waals surface area contributed by atoms with Crippen LogP contribution in [0.3, 0.4) is 0 Å². The van der Waals surface area contributed by atoms with Gasteiger partial charge in [0.25, 0.3) is 0 Å². The van der Waals surface area contributed by atoms with E-state index in [1.165, 1.54) is 11.1 Å². The van der Waals surface area contributed by atoms with Gasteiger partial charge in [-0.3, -0.25) is 9.59 Å². The molecule has 0 unspecified atom stereocenters. The zero-order valence-corrected chi connectivity index (χ0v) is 19.6. The van der Waals surface area contributed by atoms with E-state index in [-0.39, 0.29) is 42.5 Å². The molecule has 2 aromatic carbocycles. The van der Waals surface area contributed by atoms with Crippen molar-refractivity contribution >= 4 is 18.0 Å². The largest absolute Gasteiger partial charge is 0.481 e. The van der Waals surface area contributed by atoms with Gasteiger partial charge in [0.15, 0.2) is 0 Å². The number of carbonyl (C=O) groups is 3. The first kappa shape index (κ1) is 22.1. The maximum absolute atomic E-state index is 13.5. The average molecular weight is 475 g/mol. The predicted molar refractivity (Wildman–Crippen MR) is 129 cm³/mol. The highest BCUT2D eigenvalue weighted by molar-refractivity contribution is 5.84. The lowest BCUT2D eigenvalue weighted by Crippen LogP contribution is -2.48. The maximum Gasteiger partial charge on any atom is 0.407 e. The summed E-state index contributed by atoms with van der Waals surface area (Å²) in [6.45, 7) is 0.238. The molecule has 3 fully saturated rings. The molecule has 2 amide bonds. The highest BCUT2D eigenvalue weighted by atomic mass is 16.5. The van der Waals surface area contributed by atoms with Crippen LogP contribution in [0.25, 0.3) is 11.1 Å². The number of hydrogen-bond donors (Lipinski definition) is 2. The summed E-state index contributed by atoms with van der Waals surface area (Å²) in [5.74, 6) is -1.60. The highest BCUT2D eigenvalue weighted by Gasteiger charge is 2.53. The lowest BCUT2D eigenvalue weighted by Gasteiger charge is -2.29. The van der Waals surface area contributed by atoms with E-state index in [2.05, 4.69) is 29.6 Å². The molecule has 7 heteroatoms. The van der Waals surface area contributed by atoms with Crippen molar-refractivity contribution in [1.82, 2.24) is 10.2 Å². The molecule has 2 aliphatic heterocycles. The van der Waals surface area contributed by atoms with Gasteiger partial charge in [0.1, 0.15) is 6.61 Å². The molecular weight excluding hydrogens is 444 g/mol. The molecule has 6 rings (SSSR count). The van der Waals surface area contributed by atoms with Crippen LogP contribution >= 0.6 is 0 Å². The van der Waals surface area contributed by atoms with E-state index in [1.807, 2.05) is 29.2 Å². The fourth-order valence-corrected chi connectivity index (χ4v) is 7.01. The van der Waals surface area contributed by atoms with E-state index in [1.54, 1.807) is 0 Å². The van der Waals surface area contributed by atoms with E-state index in [9.17, 15) is 19.5 Å². The molecule has 2 aliphatic carbocycles. The Morgan fingerprint density at radius 1 is 0.914 bits per heavy atom. The van der Waals surface area contributed by atoms with Gasteiger partial charge in [0.05, 0.1) is 11.8 Å². The molecule has 0 radical (unpaired) electrons. The number of rotatable bonds is 5. The molecule has 0 spiro atoms. The third-order valence-corrected chi connectivity index (χ3v) is 8.59. The Morgan fingerprint density at radius 2 is 1.60 bits per heavy atom. The number of nitrogens with one attached hydrogen (secondary N) is 1. The Hall–Kier alpha value is -3.35. The Balaban J connectivity index is 1.10. The zero-order chi connectivity index (χ0) is 24.1. The van der Waals surface area contributed by atoms with E-state index >= 15 is 0 Å². The molecule has 2 saturated heterocycles. The second kappa shape index (κ2) is 8.70. The number of carboxylic acid groups (broad SMARTS) is 1. The van der Waals surface area contributed by atoms with Gasteiger partial charge in [0, 0.05) is 24.0 Å². The molecule has 35 heavy (non-hydrogen) atoms. The molecule has 182 valence electrons. The standard InChI is InChI=1S/C28H30N2O5/c31-26(30-16-12-13-25(30)22(14-16)27(32)33)21-10-5-11-24(21)29-28(34)35-15-23-19-8-3-1-6-17(19)18-7-2-4-9-20(18)23/h1-4,6-9,16,21-25H,5,10-15H2,(H,29,34)(H,32,33)/t16-,21+,22+,24-,25+/m0/s1. The number of carbonyl (C=O) groups excluding carboxylic acids is 2. The van der Waals surface area contributed by atoms with E-state index in [0.29, 0.717) is 12.8 Å². The lowest BCUT2D eigenvalue weighted by molar-refractivity contribution is -0.143. The zero-order valence-electron chi connectivity index (χ0n) is 19.6. The number of hydrogen-bond acceptors (Lipinski definition) is 4. The molecule has 2 aromatic rings. The molecule has 1 saturated carbocycles. The predicted octanol–water partition coefficient (Wildman–Crippen LogP) is 4.16. The first-order valence-corrected chi connectivity index (χ1v) is 12.7. The van der Waals surface area contributed by atoms with Crippen LogP contribution < -0.4 is 5.32 Å². The van der Waals surface area contributed by atoms with Gasteiger partial charge in [-0.05, 0) is 54.4 Å². The van der Waals surface area contributed by atoms with Gasteiger partial charge in [-0.1, -0.05) is 55.0 Å². The summed E-state index contributed by atoms with van der Waals surface area (Å²) in [4.78, 5) is 39.7. The first-order valence-electron chi connectivity index (χ1n) is 12.7. The smallest absolute Gasteiger partial charge is 0.407 e. The molecule has 5 atom stereocenters. The van der Waals surface area contributed by atoms with Crippen LogP contribution in [0.1, 0.15) is 55.6 Å². The minimum atomic E-state index is -0.810. The van der Waals surface area contributed by atoms with Crippen molar-refractivity contribution < 1.29 is 24.2 Å². The fraction of sp³-hybridized carbons (Fsp3) is 0.464. The monoisotopic (exact) mass is 474 g/mol. The van der Waals surface area contributed by atoms with Gasteiger partial charge in [-0.2, -0.15) is 0 Å². The van der Waals surface area contributed by atoms with Crippen LogP contribution in [-0.4, -0.2) is 52.7 Å². The number of fused-ring (bicyclic) bond motifs is 5. The number of amides is 2. The average Bonchev–Trinajstić information content (AvgIpc) is 3.64. The van der Waals surface area contributed by atoms with Gasteiger partial charge in [-0.15, -0.1) is 0 Å². The van der Waals surface area contributed by atoms with Gasteiger partial charge in [0.2, 0.25) is 5.91 Å². The number of carboxylic acids is 1. The van der Waals surface area contributed by atoms with Crippen molar-refractivity contribution in [2.24, 2.45) is 11.8 Å². The minimum absolute atomic E-state index is 0.00250. The van der Waals surface area contributed by atoms with Crippen molar-refractivity contribution in [2.45, 2.75) is 62.6 Å². The Morgan fingerprint density at radius 3 is 2.26 bits per heavy atom. The van der Waals surface area contributed by atoms with Crippen molar-refractivity contribution in [3.05, 3.63) is 59.7 Å². The number of ether oxygens (including phenoxy) is 1. The summed E-state index contributed by atoms with van der Waals surface area (Å²) in [5, 5.41) is 12.5. The number of benzene rings is 2. The van der Waals surface area contributed by atoms with Crippen LogP contribution in [0, 0.1) is 11.8 Å². The summed E-state index contributed by atoms with van der Waals surface area (Å²) < 4.78 is 5.71. The topological polar surface area (TPSA) is 95.9 Å². The van der Waals surface area contributed by atoms with E-state index in [4.69, 9.17) is 4.74 Å². The normalized spacial score (nSPS) is 28.6. The van der Waals surface area contributed by atoms with Gasteiger partial charge >= 0.3 is 12.1 Å². The molecule has 2 heterocycles. The molecule has 2 bridgehead atoms. The van der Waals surface area contributed by atoms with Crippen LogP contribution in [0.4, 0.5) is 4.79 Å². The summed E-state index contributed by atoms with van der Waals surface area (Å²) in [6, 6.07) is 16.0. The van der Waals surface area contributed by atoms with Crippen LogP contribution in [-0.2, 0) is 14.3 Å². The van der Waals surface area contributed by atoms with Gasteiger partial charge in [-0.25, -0.2) is 4.79 Å². The summed E-state index contributed by atoms with van der Waals surface area (Å²) in [6.07, 6.45) is 3.97. The molecular formula is C28H30N2O5. The van der Waals surface area contributed by atoms with Crippen molar-refractivity contribution in [3.8, 4) is 11.1 Å². The van der Waals surface area contributed by atoms with Gasteiger partial charge < -0.3 is 20.1 Å². The van der Waals surface area contributed by atoms with Crippen molar-refractivity contribution in [1.29, 1.82) is 0 Å². The van der Waals surface area contributed by atoms with Crippen LogP contribution in [0.2, 0.25) is 0 Å². The third-order valence-electron chi connectivity index (χ3n) is 8.59. The third kappa shape index (κ3) is 3.68. The summed E-state index contributed by atoms with van der Waals surface area (Å²) in [7, 11) is 0. The lowest BCUT2D eigenvalue weighted by atomic mass is 9.89. The molecule has 2 N–H and O–H groups in total. The minimum Gasteiger partial charge on any atom is -0.481 e. The Bertz CT molecular complexity index is 1130. The van der Waals surface area contributed by atoms with E-state index in [0.717, 1.165) is 36.8 Å². The SMILES string of the molecule is O=C(N[C@H]1CCC[C@H]1C(=O)N1[C@H]2CC[C@@H]1[C@H](C(=O)O)C2)OCC1c2ccccc2-c2ccccc21. The van der Waals surface area contributed by atoms with Crippen molar-refractivity contribution in [3.63, 3.8) is 0 Å². The Kier molecular flexibility index (Phi) is 5.50. The fourth-order valence-electron chi connectivity index (χ4n) is 7.01. The first-order chi connectivity index (χ1) is 17.0. The molecule has 0 aromatic heterocycles. The highest BCUT2D eigenvalue weighted by Crippen LogP contribution is 2.45. The molecule has 4 aliphatic rings. The summed E-state index contributed by atoms with van der Waals surface area (Å²) in [5.41, 5.74) is 4.68. The van der Waals surface area contributed by atoms with Crippen molar-refractivity contribution in [2.75, 3.05) is 6.61 Å². The number of nitrogens with zero attached hydrogens (tertiary/aromatic N) is 1. The van der Waals surface area contributed by atoms with Crippen LogP contribution in [0.5, 0.6) is 0 Å². The van der Waals surface area contributed by atoms with Crippen LogP contribution in [0.15, 0.2) is 48.5 Å². The second-order valence-electron chi connectivity index (χ2n) is 10.3. The summed E-state index contributed by atoms with van der Waals surface area (Å²) >= 11 is 0. The maximum atomic E-state index is 13.5.